The van der Waals surface area contributed by atoms with Gasteiger partial charge in [-0.15, -0.1) is 0 Å². The van der Waals surface area contributed by atoms with Crippen molar-refractivity contribution in [1.82, 2.24) is 5.32 Å². The van der Waals surface area contributed by atoms with Gasteiger partial charge in [-0.2, -0.15) is 0 Å². The third-order valence-corrected chi connectivity index (χ3v) is 5.77. The minimum atomic E-state index is -5.07. The zero-order valence-electron chi connectivity index (χ0n) is 18.8. The minimum Gasteiger partial charge on any atom is -0.756 e. The average Bonchev–Trinajstić information content (AvgIpc) is 2.70. The maximum absolute atomic E-state index is 13.5. The van der Waals surface area contributed by atoms with E-state index in [1.165, 1.54) is 19.1 Å². The van der Waals surface area contributed by atoms with Crippen LogP contribution in [-0.2, 0) is 13.8 Å². The molecule has 0 radical (unpaired) electrons. The molecular formula is C21H21ClFNNaO8P. The summed E-state index contributed by atoms with van der Waals surface area (Å²) in [5, 5.41) is 2.51. The van der Waals surface area contributed by atoms with Crippen molar-refractivity contribution in [3.8, 4) is 5.75 Å². The molecule has 9 nitrogen and oxygen atoms in total. The molecule has 0 spiro atoms. The van der Waals surface area contributed by atoms with Crippen LogP contribution < -0.4 is 44.5 Å². The Morgan fingerprint density at radius 2 is 1.91 bits per heavy atom. The van der Waals surface area contributed by atoms with E-state index in [2.05, 4.69) is 9.84 Å². The van der Waals surface area contributed by atoms with Crippen LogP contribution in [0.25, 0.3) is 0 Å². The van der Waals surface area contributed by atoms with E-state index in [0.717, 1.165) is 12.1 Å². The van der Waals surface area contributed by atoms with Gasteiger partial charge in [0.2, 0.25) is 0 Å². The molecule has 3 atom stereocenters. The number of phosphoric ester groups is 1. The van der Waals surface area contributed by atoms with E-state index in [1.807, 2.05) is 0 Å². The molecule has 0 aliphatic carbocycles. The SMILES string of the molecule is CC(=O)c1ccc2c(c1)[C@H](NC(=O)c1ccc(F)c(Cl)c1)[C@@H](OCOP(=O)([O-])O)C(C)(C)O2.[Na+]. The fourth-order valence-corrected chi connectivity index (χ4v) is 3.87. The first kappa shape index (κ1) is 28.9. The molecule has 1 heterocycles. The number of carbonyl (C=O) groups excluding carboxylic acids is 2. The fraction of sp³-hybridized carbons (Fsp3) is 0.333. The third-order valence-electron chi connectivity index (χ3n) is 5.04. The molecule has 0 fully saturated rings. The molecule has 1 aliphatic heterocycles. The molecule has 1 amide bonds. The molecule has 3 rings (SSSR count). The summed E-state index contributed by atoms with van der Waals surface area (Å²) < 4.78 is 40.3. The van der Waals surface area contributed by atoms with E-state index in [1.54, 1.807) is 26.0 Å². The number of ether oxygens (including phenoxy) is 2. The van der Waals surface area contributed by atoms with Crippen molar-refractivity contribution in [2.75, 3.05) is 6.79 Å². The Morgan fingerprint density at radius 1 is 1.26 bits per heavy atom. The van der Waals surface area contributed by atoms with Gasteiger partial charge in [-0.1, -0.05) is 11.6 Å². The van der Waals surface area contributed by atoms with Gasteiger partial charge in [0.15, 0.2) is 12.6 Å². The normalized spacial score (nSPS) is 20.2. The number of Topliss-reactive ketones (excluding diaryl/α,β-unsaturated/α-hetero) is 1. The Balaban J connectivity index is 0.00000408. The number of ketones is 1. The van der Waals surface area contributed by atoms with Crippen molar-refractivity contribution < 1.29 is 71.9 Å². The predicted octanol–water partition coefficient (Wildman–Crippen LogP) is 0.148. The minimum absolute atomic E-state index is 0. The van der Waals surface area contributed by atoms with Gasteiger partial charge < -0.3 is 24.6 Å². The van der Waals surface area contributed by atoms with Gasteiger partial charge in [0.25, 0.3) is 13.7 Å². The number of phosphoric acid groups is 1. The molecule has 1 aliphatic rings. The summed E-state index contributed by atoms with van der Waals surface area (Å²) in [6, 6.07) is 7.16. The van der Waals surface area contributed by atoms with Crippen LogP contribution in [0.4, 0.5) is 4.39 Å². The zero-order valence-corrected chi connectivity index (χ0v) is 22.5. The first-order valence-corrected chi connectivity index (χ1v) is 11.6. The number of amides is 1. The Labute approximate surface area is 222 Å². The van der Waals surface area contributed by atoms with Gasteiger partial charge in [0, 0.05) is 16.7 Å². The topological polar surface area (TPSA) is 134 Å². The summed E-state index contributed by atoms with van der Waals surface area (Å²) in [5.74, 6) is -1.19. The number of rotatable bonds is 7. The number of carbonyl (C=O) groups is 2. The van der Waals surface area contributed by atoms with Crippen molar-refractivity contribution in [2.45, 2.75) is 38.5 Å². The van der Waals surface area contributed by atoms with Crippen molar-refractivity contribution in [2.24, 2.45) is 0 Å². The van der Waals surface area contributed by atoms with Crippen molar-refractivity contribution >= 4 is 31.1 Å². The van der Waals surface area contributed by atoms with E-state index in [9.17, 15) is 23.4 Å². The summed E-state index contributed by atoms with van der Waals surface area (Å²) >= 11 is 5.79. The van der Waals surface area contributed by atoms with E-state index >= 15 is 0 Å². The second kappa shape index (κ2) is 11.2. The molecule has 2 N–H and O–H groups in total. The fourth-order valence-electron chi connectivity index (χ4n) is 3.49. The van der Waals surface area contributed by atoms with E-state index in [4.69, 9.17) is 26.0 Å². The van der Waals surface area contributed by atoms with Crippen molar-refractivity contribution in [1.29, 1.82) is 0 Å². The molecule has 13 heteroatoms. The van der Waals surface area contributed by atoms with Gasteiger partial charge in [-0.05, 0) is 57.2 Å². The monoisotopic (exact) mass is 523 g/mol. The third kappa shape index (κ3) is 6.87. The van der Waals surface area contributed by atoms with Crippen molar-refractivity contribution in [3.63, 3.8) is 0 Å². The second-order valence-corrected chi connectivity index (χ2v) is 9.50. The first-order valence-electron chi connectivity index (χ1n) is 9.68. The zero-order chi connectivity index (χ0) is 24.6. The second-order valence-electron chi connectivity index (χ2n) is 7.90. The number of fused-ring (bicyclic) bond motifs is 1. The Bertz CT molecular complexity index is 1140. The number of hydrogen-bond acceptors (Lipinski definition) is 7. The molecule has 0 bridgehead atoms. The van der Waals surface area contributed by atoms with Crippen LogP contribution in [0.15, 0.2) is 36.4 Å². The molecule has 34 heavy (non-hydrogen) atoms. The molecule has 0 saturated heterocycles. The molecule has 2 aromatic carbocycles. The van der Waals surface area contributed by atoms with E-state index in [0.29, 0.717) is 16.9 Å². The summed E-state index contributed by atoms with van der Waals surface area (Å²) in [6.07, 6.45) is -1.03. The predicted molar refractivity (Wildman–Crippen MR) is 113 cm³/mol. The number of nitrogens with one attached hydrogen (secondary N) is 1. The number of hydrogen-bond donors (Lipinski definition) is 2. The van der Waals surface area contributed by atoms with Crippen LogP contribution in [0.3, 0.4) is 0 Å². The largest absolute Gasteiger partial charge is 1.00 e. The maximum atomic E-state index is 13.5. The van der Waals surface area contributed by atoms with Crippen molar-refractivity contribution in [3.05, 3.63) is 63.9 Å². The van der Waals surface area contributed by atoms with E-state index < -0.39 is 44.1 Å². The van der Waals surface area contributed by atoms with Gasteiger partial charge >= 0.3 is 29.6 Å². The molecule has 178 valence electrons. The summed E-state index contributed by atoms with van der Waals surface area (Å²) in [5.41, 5.74) is -0.322. The first-order chi connectivity index (χ1) is 15.3. The van der Waals surface area contributed by atoms with Gasteiger partial charge in [0.1, 0.15) is 23.3 Å². The summed E-state index contributed by atoms with van der Waals surface area (Å²) in [6.45, 7) is 3.80. The number of halogens is 2. The molecule has 0 saturated carbocycles. The Kier molecular flexibility index (Phi) is 9.49. The summed E-state index contributed by atoms with van der Waals surface area (Å²) in [7, 11) is -5.07. The smallest absolute Gasteiger partial charge is 0.756 e. The quantitative estimate of drug-likeness (QED) is 0.227. The average molecular weight is 524 g/mol. The van der Waals surface area contributed by atoms with E-state index in [-0.39, 0.29) is 45.9 Å². The van der Waals surface area contributed by atoms with Crippen LogP contribution in [0.2, 0.25) is 5.02 Å². The number of benzene rings is 2. The van der Waals surface area contributed by atoms with Crippen LogP contribution in [0, 0.1) is 5.82 Å². The molecule has 1 unspecified atom stereocenters. The molecular weight excluding hydrogens is 503 g/mol. The van der Waals surface area contributed by atoms with Crippen LogP contribution in [0.5, 0.6) is 5.75 Å². The van der Waals surface area contributed by atoms with Crippen LogP contribution >= 0.6 is 19.4 Å². The Morgan fingerprint density at radius 3 is 2.50 bits per heavy atom. The standard InChI is InChI=1S/C21H22ClFNO8P.Na/c1-11(25)12-5-7-17-14(8-12)18(24-20(26)13-4-6-16(23)15(22)9-13)19(21(2,3)32-17)30-10-31-33(27,28)29;/h4-9,18-19H,10H2,1-3H3,(H,24,26)(H2,27,28,29);/q;+1/p-1/t18-,19+;/m0./s1. The summed E-state index contributed by atoms with van der Waals surface area (Å²) in [4.78, 5) is 44.7. The Hall–Kier alpha value is -1.33. The van der Waals surface area contributed by atoms with Gasteiger partial charge in [0.05, 0.1) is 11.1 Å². The van der Waals surface area contributed by atoms with Crippen LogP contribution in [0.1, 0.15) is 53.1 Å². The van der Waals surface area contributed by atoms with Crippen LogP contribution in [-0.4, -0.2) is 35.1 Å². The maximum Gasteiger partial charge on any atom is 1.00 e. The van der Waals surface area contributed by atoms with Gasteiger partial charge in [-0.25, -0.2) is 4.39 Å². The molecule has 2 aromatic rings. The van der Waals surface area contributed by atoms with Gasteiger partial charge in [-0.3, -0.25) is 18.7 Å². The molecule has 0 aromatic heterocycles.